The molecule has 2 aromatic rings. The van der Waals surface area contributed by atoms with E-state index in [-0.39, 0.29) is 0 Å². The van der Waals surface area contributed by atoms with Crippen LogP contribution >= 0.6 is 0 Å². The lowest BCUT2D eigenvalue weighted by Gasteiger charge is -2.41. The molecule has 0 aliphatic carbocycles. The molecule has 0 saturated carbocycles. The van der Waals surface area contributed by atoms with Gasteiger partial charge in [-0.05, 0) is 41.5 Å². The topological polar surface area (TPSA) is 119 Å². The van der Waals surface area contributed by atoms with Crippen LogP contribution in [-0.2, 0) is 24.4 Å². The van der Waals surface area contributed by atoms with E-state index in [4.69, 9.17) is 9.47 Å². The Morgan fingerprint density at radius 1 is 1.06 bits per heavy atom. The summed E-state index contributed by atoms with van der Waals surface area (Å²) in [5.41, 5.74) is -5.11. The number of carbonyl (C=O) groups is 1. The number of hydrogen-bond acceptors (Lipinski definition) is 8. The van der Waals surface area contributed by atoms with Crippen LogP contribution in [0.15, 0.2) is 36.4 Å². The van der Waals surface area contributed by atoms with Gasteiger partial charge in [0.05, 0.1) is 6.10 Å². The van der Waals surface area contributed by atoms with Crippen LogP contribution in [0.3, 0.4) is 0 Å². The SMILES string of the molecule is CC(=O)O[C@H]1[C@H](O)[C@H](O)[C@@H](c2ccc3cc(OS(=O)(=O)C(F)(F)F)ccc3c2)O[C@@H]1C. The second-order valence-electron chi connectivity index (χ2n) is 7.07. The minimum absolute atomic E-state index is 0.371. The molecule has 1 aliphatic rings. The van der Waals surface area contributed by atoms with Gasteiger partial charge in [-0.2, -0.15) is 21.6 Å². The number of aliphatic hydroxyl groups is 2. The Hall–Kier alpha value is -2.41. The summed E-state index contributed by atoms with van der Waals surface area (Å²) in [5.74, 6) is -1.15. The second kappa shape index (κ2) is 8.26. The van der Waals surface area contributed by atoms with Crippen LogP contribution in [0.4, 0.5) is 13.2 Å². The number of ether oxygens (including phenoxy) is 2. The minimum Gasteiger partial charge on any atom is -0.457 e. The van der Waals surface area contributed by atoms with E-state index in [9.17, 15) is 36.6 Å². The van der Waals surface area contributed by atoms with Crippen LogP contribution in [0.2, 0.25) is 0 Å². The first-order chi connectivity index (χ1) is 14.3. The van der Waals surface area contributed by atoms with E-state index in [1.165, 1.54) is 25.1 Å². The maximum atomic E-state index is 12.5. The lowest BCUT2D eigenvalue weighted by Crippen LogP contribution is -2.54. The first kappa shape index (κ1) is 23.3. The molecule has 1 saturated heterocycles. The Labute approximate surface area is 175 Å². The quantitative estimate of drug-likeness (QED) is 0.402. The molecule has 3 rings (SSSR count). The van der Waals surface area contributed by atoms with Gasteiger partial charge in [0.25, 0.3) is 0 Å². The van der Waals surface area contributed by atoms with Crippen LogP contribution in [0.25, 0.3) is 10.8 Å². The third kappa shape index (κ3) is 4.76. The highest BCUT2D eigenvalue weighted by Gasteiger charge is 2.48. The third-order valence-electron chi connectivity index (χ3n) is 4.78. The maximum absolute atomic E-state index is 12.5. The number of rotatable bonds is 4. The summed E-state index contributed by atoms with van der Waals surface area (Å²) in [5, 5.41) is 21.7. The number of aliphatic hydroxyl groups excluding tert-OH is 2. The summed E-state index contributed by atoms with van der Waals surface area (Å²) in [6.07, 6.45) is -5.58. The van der Waals surface area contributed by atoms with E-state index < -0.39 is 57.9 Å². The molecule has 5 atom stereocenters. The normalized spacial score (nSPS) is 27.1. The summed E-state index contributed by atoms with van der Waals surface area (Å²) in [4.78, 5) is 11.2. The fourth-order valence-corrected chi connectivity index (χ4v) is 3.77. The van der Waals surface area contributed by atoms with Crippen LogP contribution in [-0.4, -0.2) is 54.5 Å². The molecule has 8 nitrogen and oxygen atoms in total. The van der Waals surface area contributed by atoms with Crippen molar-refractivity contribution in [2.45, 2.75) is 49.9 Å². The lowest BCUT2D eigenvalue weighted by molar-refractivity contribution is -0.230. The molecule has 0 bridgehead atoms. The number of fused-ring (bicyclic) bond motifs is 1. The molecule has 2 N–H and O–H groups in total. The minimum atomic E-state index is -5.79. The van der Waals surface area contributed by atoms with Gasteiger partial charge in [0.15, 0.2) is 6.10 Å². The summed E-state index contributed by atoms with van der Waals surface area (Å²) in [6.45, 7) is 2.74. The van der Waals surface area contributed by atoms with Crippen molar-refractivity contribution in [2.75, 3.05) is 0 Å². The first-order valence-corrected chi connectivity index (χ1v) is 10.4. The van der Waals surface area contributed by atoms with Gasteiger partial charge in [-0.1, -0.05) is 18.2 Å². The second-order valence-corrected chi connectivity index (χ2v) is 8.61. The molecule has 12 heteroatoms. The lowest BCUT2D eigenvalue weighted by atomic mass is 9.90. The zero-order valence-electron chi connectivity index (χ0n) is 16.2. The summed E-state index contributed by atoms with van der Waals surface area (Å²) in [6, 6.07) is 8.07. The van der Waals surface area contributed by atoms with Crippen LogP contribution in [0, 0.1) is 0 Å². The van der Waals surface area contributed by atoms with Crippen LogP contribution < -0.4 is 4.18 Å². The molecule has 1 fully saturated rings. The number of halogens is 3. The highest BCUT2D eigenvalue weighted by atomic mass is 32.2. The fourth-order valence-electron chi connectivity index (χ4n) is 3.32. The molecule has 1 aliphatic heterocycles. The van der Waals surface area contributed by atoms with Gasteiger partial charge in [-0.3, -0.25) is 4.79 Å². The van der Waals surface area contributed by atoms with Crippen molar-refractivity contribution in [1.82, 2.24) is 0 Å². The van der Waals surface area contributed by atoms with Gasteiger partial charge < -0.3 is 23.9 Å². The van der Waals surface area contributed by atoms with Crippen molar-refractivity contribution in [3.05, 3.63) is 42.0 Å². The van der Waals surface area contributed by atoms with Crippen molar-refractivity contribution in [1.29, 1.82) is 0 Å². The zero-order chi connectivity index (χ0) is 23.1. The molecule has 0 aromatic heterocycles. The molecule has 31 heavy (non-hydrogen) atoms. The van der Waals surface area contributed by atoms with Crippen molar-refractivity contribution in [3.63, 3.8) is 0 Å². The highest BCUT2D eigenvalue weighted by Crippen LogP contribution is 2.36. The molecular weight excluding hydrogens is 445 g/mol. The van der Waals surface area contributed by atoms with Gasteiger partial charge >= 0.3 is 21.6 Å². The third-order valence-corrected chi connectivity index (χ3v) is 5.76. The Kier molecular flexibility index (Phi) is 6.20. The Morgan fingerprint density at radius 2 is 1.68 bits per heavy atom. The van der Waals surface area contributed by atoms with E-state index in [1.807, 2.05) is 0 Å². The predicted molar refractivity (Wildman–Crippen MR) is 100 cm³/mol. The van der Waals surface area contributed by atoms with Crippen molar-refractivity contribution < 1.29 is 50.3 Å². The molecule has 0 unspecified atom stereocenters. The number of esters is 1. The van der Waals surface area contributed by atoms with Crippen molar-refractivity contribution in [3.8, 4) is 5.75 Å². The Morgan fingerprint density at radius 3 is 2.29 bits per heavy atom. The standard InChI is InChI=1S/C19H19F3O8S/c1-9-17(29-10(2)23)15(24)16(25)18(28-9)13-4-3-12-8-14(6-5-11(12)7-13)30-31(26,27)19(20,21)22/h3-9,15-18,24-25H,1-2H3/t9-,15-,16+,17-,18-/m1/s1. The smallest absolute Gasteiger partial charge is 0.457 e. The Balaban J connectivity index is 1.86. The van der Waals surface area contributed by atoms with E-state index in [2.05, 4.69) is 4.18 Å². The summed E-state index contributed by atoms with van der Waals surface area (Å²) in [7, 11) is -5.79. The van der Waals surface area contributed by atoms with Gasteiger partial charge in [0.1, 0.15) is 24.1 Å². The number of alkyl halides is 3. The molecular formula is C19H19F3O8S. The van der Waals surface area contributed by atoms with Crippen molar-refractivity contribution >= 4 is 26.9 Å². The number of carbonyl (C=O) groups excluding carboxylic acids is 1. The zero-order valence-corrected chi connectivity index (χ0v) is 17.1. The first-order valence-electron chi connectivity index (χ1n) is 9.03. The molecule has 0 spiro atoms. The van der Waals surface area contributed by atoms with Crippen LogP contribution in [0.5, 0.6) is 5.75 Å². The van der Waals surface area contributed by atoms with E-state index in [0.717, 1.165) is 12.1 Å². The Bertz CT molecular complexity index is 1090. The van der Waals surface area contributed by atoms with E-state index >= 15 is 0 Å². The average molecular weight is 464 g/mol. The average Bonchev–Trinajstić information content (AvgIpc) is 2.66. The van der Waals surface area contributed by atoms with Crippen LogP contribution in [0.1, 0.15) is 25.5 Å². The fraction of sp³-hybridized carbons (Fsp3) is 0.421. The number of benzene rings is 2. The van der Waals surface area contributed by atoms with Gasteiger partial charge in [0.2, 0.25) is 0 Å². The molecule has 0 amide bonds. The van der Waals surface area contributed by atoms with Gasteiger partial charge in [-0.25, -0.2) is 0 Å². The molecule has 1 heterocycles. The highest BCUT2D eigenvalue weighted by molar-refractivity contribution is 7.88. The van der Waals surface area contributed by atoms with E-state index in [0.29, 0.717) is 16.3 Å². The largest absolute Gasteiger partial charge is 0.534 e. The molecule has 170 valence electrons. The van der Waals surface area contributed by atoms with Crippen molar-refractivity contribution in [2.24, 2.45) is 0 Å². The maximum Gasteiger partial charge on any atom is 0.534 e. The van der Waals surface area contributed by atoms with Gasteiger partial charge in [0, 0.05) is 6.92 Å². The summed E-state index contributed by atoms with van der Waals surface area (Å²) < 4.78 is 74.6. The predicted octanol–water partition coefficient (Wildman–Crippen LogP) is 2.18. The van der Waals surface area contributed by atoms with E-state index in [1.54, 1.807) is 13.0 Å². The molecule has 2 aromatic carbocycles. The molecule has 0 radical (unpaired) electrons. The number of hydrogen-bond donors (Lipinski definition) is 2. The van der Waals surface area contributed by atoms with Gasteiger partial charge in [-0.15, -0.1) is 0 Å². The summed E-state index contributed by atoms with van der Waals surface area (Å²) >= 11 is 0. The monoisotopic (exact) mass is 464 g/mol.